The van der Waals surface area contributed by atoms with E-state index in [4.69, 9.17) is 16.6 Å². The van der Waals surface area contributed by atoms with E-state index in [1.807, 2.05) is 36.4 Å². The van der Waals surface area contributed by atoms with E-state index in [1.165, 1.54) is 29.1 Å². The molecular weight excluding hydrogens is 428 g/mol. The summed E-state index contributed by atoms with van der Waals surface area (Å²) in [7, 11) is 0. The van der Waals surface area contributed by atoms with Crippen LogP contribution in [0.25, 0.3) is 11.0 Å². The number of para-hydroxylation sites is 2. The molecule has 1 heterocycles. The van der Waals surface area contributed by atoms with Crippen LogP contribution in [0, 0.1) is 6.92 Å². The minimum Gasteiger partial charge on any atom is -0.314 e. The molecule has 0 radical (unpaired) electrons. The molecule has 0 fully saturated rings. The largest absolute Gasteiger partial charge is 0.314 e. The molecule has 0 aliphatic heterocycles. The first-order valence-corrected chi connectivity index (χ1v) is 11.2. The number of imidazole rings is 1. The maximum Gasteiger partial charge on any atom is 0.250 e. The van der Waals surface area contributed by atoms with Crippen LogP contribution in [-0.2, 0) is 11.3 Å². The number of carbonyl (C=O) groups excluding carboxylic acids is 1. The van der Waals surface area contributed by atoms with Gasteiger partial charge in [-0.25, -0.2) is 10.4 Å². The van der Waals surface area contributed by atoms with E-state index in [9.17, 15) is 4.79 Å². The maximum absolute atomic E-state index is 12.3. The summed E-state index contributed by atoms with van der Waals surface area (Å²) in [5.41, 5.74) is 7.66. The fourth-order valence-corrected chi connectivity index (χ4v) is 4.10. The second-order valence-electron chi connectivity index (χ2n) is 7.06. The highest BCUT2D eigenvalue weighted by Gasteiger charge is 2.13. The summed E-state index contributed by atoms with van der Waals surface area (Å²) in [6, 6.07) is 23.8. The number of hydrogen-bond donors (Lipinski definition) is 1. The maximum atomic E-state index is 12.3. The minimum absolute atomic E-state index is 0.205. The fraction of sp³-hybridized carbons (Fsp3) is 0.125. The molecule has 0 bridgehead atoms. The lowest BCUT2D eigenvalue weighted by molar-refractivity contribution is -0.118. The molecule has 0 spiro atoms. The van der Waals surface area contributed by atoms with Gasteiger partial charge in [-0.3, -0.25) is 4.79 Å². The molecule has 0 unspecified atom stereocenters. The molecule has 0 aliphatic carbocycles. The molecule has 0 saturated heterocycles. The zero-order chi connectivity index (χ0) is 21.6. The highest BCUT2D eigenvalue weighted by atomic mass is 35.5. The third-order valence-electron chi connectivity index (χ3n) is 4.71. The summed E-state index contributed by atoms with van der Waals surface area (Å²) in [5.74, 6) is -0.000816. The molecule has 3 aromatic carbocycles. The average molecular weight is 449 g/mol. The van der Waals surface area contributed by atoms with E-state index < -0.39 is 0 Å². The normalized spacial score (nSPS) is 11.3. The number of nitrogens with zero attached hydrogens (tertiary/aromatic N) is 3. The van der Waals surface area contributed by atoms with Crippen LogP contribution < -0.4 is 5.43 Å². The van der Waals surface area contributed by atoms with Crippen LogP contribution in [-0.4, -0.2) is 27.4 Å². The Kier molecular flexibility index (Phi) is 6.70. The molecule has 0 atom stereocenters. The van der Waals surface area contributed by atoms with Gasteiger partial charge in [-0.15, -0.1) is 0 Å². The summed E-state index contributed by atoms with van der Waals surface area (Å²) in [6.07, 6.45) is 1.54. The molecule has 1 N–H and O–H groups in total. The Morgan fingerprint density at radius 2 is 1.84 bits per heavy atom. The average Bonchev–Trinajstić information content (AvgIpc) is 3.12. The van der Waals surface area contributed by atoms with Crippen LogP contribution >= 0.6 is 23.4 Å². The summed E-state index contributed by atoms with van der Waals surface area (Å²) >= 11 is 7.49. The SMILES string of the molecule is Cc1ccc(Cn2c(SCC(=O)N/N=C\c3ccccc3Cl)nc3ccccc32)cc1. The van der Waals surface area contributed by atoms with Gasteiger partial charge in [0, 0.05) is 10.6 Å². The standard InChI is InChI=1S/C24H21ClN4OS/c1-17-10-12-18(13-11-17)15-29-22-9-5-4-8-21(22)27-24(29)31-16-23(30)28-26-14-19-6-2-3-7-20(19)25/h2-14H,15-16H2,1H3,(H,28,30)/b26-14-. The molecule has 1 aromatic heterocycles. The topological polar surface area (TPSA) is 59.3 Å². The second kappa shape index (κ2) is 9.81. The number of aromatic nitrogens is 2. The van der Waals surface area contributed by atoms with E-state index in [0.717, 1.165) is 21.8 Å². The summed E-state index contributed by atoms with van der Waals surface area (Å²) in [4.78, 5) is 17.0. The summed E-state index contributed by atoms with van der Waals surface area (Å²) in [6.45, 7) is 2.76. The van der Waals surface area contributed by atoms with E-state index in [1.54, 1.807) is 6.07 Å². The number of benzene rings is 3. The van der Waals surface area contributed by atoms with Crippen molar-refractivity contribution in [2.24, 2.45) is 5.10 Å². The number of amides is 1. The molecule has 4 aromatic rings. The zero-order valence-electron chi connectivity index (χ0n) is 17.0. The molecule has 4 rings (SSSR count). The predicted octanol–water partition coefficient (Wildman–Crippen LogP) is 5.29. The molecule has 5 nitrogen and oxygen atoms in total. The predicted molar refractivity (Wildman–Crippen MR) is 128 cm³/mol. The van der Waals surface area contributed by atoms with Gasteiger partial charge in [-0.2, -0.15) is 5.10 Å². The van der Waals surface area contributed by atoms with Crippen molar-refractivity contribution in [3.8, 4) is 0 Å². The monoisotopic (exact) mass is 448 g/mol. The summed E-state index contributed by atoms with van der Waals surface area (Å²) < 4.78 is 2.14. The van der Waals surface area contributed by atoms with Gasteiger partial charge in [-0.1, -0.05) is 83.5 Å². The van der Waals surface area contributed by atoms with Crippen molar-refractivity contribution in [1.29, 1.82) is 0 Å². The van der Waals surface area contributed by atoms with Crippen LogP contribution in [0.3, 0.4) is 0 Å². The molecular formula is C24H21ClN4OS. The van der Waals surface area contributed by atoms with Crippen LogP contribution in [0.2, 0.25) is 5.02 Å². The van der Waals surface area contributed by atoms with Gasteiger partial charge in [0.1, 0.15) is 0 Å². The number of thioether (sulfide) groups is 1. The van der Waals surface area contributed by atoms with Crippen LogP contribution in [0.5, 0.6) is 0 Å². The Labute approximate surface area is 190 Å². The number of hydrazone groups is 1. The minimum atomic E-state index is -0.206. The molecule has 1 amide bonds. The second-order valence-corrected chi connectivity index (χ2v) is 8.41. The molecule has 156 valence electrons. The van der Waals surface area contributed by atoms with Gasteiger partial charge in [-0.05, 0) is 30.7 Å². The van der Waals surface area contributed by atoms with Gasteiger partial charge in [0.05, 0.1) is 29.5 Å². The third-order valence-corrected chi connectivity index (χ3v) is 6.03. The van der Waals surface area contributed by atoms with Crippen LogP contribution in [0.4, 0.5) is 0 Å². The van der Waals surface area contributed by atoms with Crippen molar-refractivity contribution in [2.75, 3.05) is 5.75 Å². The number of halogens is 1. The van der Waals surface area contributed by atoms with Crippen molar-refractivity contribution in [1.82, 2.24) is 15.0 Å². The number of carbonyl (C=O) groups is 1. The van der Waals surface area contributed by atoms with Gasteiger partial charge in [0.25, 0.3) is 5.91 Å². The lowest BCUT2D eigenvalue weighted by atomic mass is 10.1. The number of fused-ring (bicyclic) bond motifs is 1. The molecule has 0 aliphatic rings. The van der Waals surface area contributed by atoms with Crippen molar-refractivity contribution in [3.05, 3.63) is 94.5 Å². The number of aryl methyl sites for hydroxylation is 1. The van der Waals surface area contributed by atoms with Gasteiger partial charge < -0.3 is 4.57 Å². The highest BCUT2D eigenvalue weighted by molar-refractivity contribution is 7.99. The number of rotatable bonds is 7. The van der Waals surface area contributed by atoms with E-state index in [0.29, 0.717) is 11.6 Å². The first kappa shape index (κ1) is 21.2. The van der Waals surface area contributed by atoms with E-state index in [2.05, 4.69) is 52.3 Å². The zero-order valence-corrected chi connectivity index (χ0v) is 18.5. The molecule has 0 saturated carbocycles. The first-order valence-electron chi connectivity index (χ1n) is 9.80. The number of hydrogen-bond acceptors (Lipinski definition) is 4. The van der Waals surface area contributed by atoms with Gasteiger partial charge in [0.2, 0.25) is 0 Å². The first-order chi connectivity index (χ1) is 15.1. The van der Waals surface area contributed by atoms with Crippen LogP contribution in [0.15, 0.2) is 83.1 Å². The highest BCUT2D eigenvalue weighted by Crippen LogP contribution is 2.25. The molecule has 31 heavy (non-hydrogen) atoms. The van der Waals surface area contributed by atoms with Gasteiger partial charge >= 0.3 is 0 Å². The quantitative estimate of drug-likeness (QED) is 0.237. The Morgan fingerprint density at radius 3 is 2.65 bits per heavy atom. The van der Waals surface area contributed by atoms with Crippen molar-refractivity contribution in [2.45, 2.75) is 18.6 Å². The third kappa shape index (κ3) is 5.34. The Balaban J connectivity index is 1.46. The van der Waals surface area contributed by atoms with Crippen LogP contribution in [0.1, 0.15) is 16.7 Å². The van der Waals surface area contributed by atoms with Crippen molar-refractivity contribution in [3.63, 3.8) is 0 Å². The Bertz CT molecular complexity index is 1230. The van der Waals surface area contributed by atoms with E-state index >= 15 is 0 Å². The Morgan fingerprint density at radius 1 is 1.10 bits per heavy atom. The van der Waals surface area contributed by atoms with Crippen molar-refractivity contribution < 1.29 is 4.79 Å². The lowest BCUT2D eigenvalue weighted by Gasteiger charge is -2.09. The van der Waals surface area contributed by atoms with Crippen molar-refractivity contribution >= 4 is 46.5 Å². The Hall–Kier alpha value is -3.09. The van der Waals surface area contributed by atoms with E-state index in [-0.39, 0.29) is 11.7 Å². The molecule has 7 heteroatoms. The lowest BCUT2D eigenvalue weighted by Crippen LogP contribution is -2.20. The fourth-order valence-electron chi connectivity index (χ4n) is 3.11. The van der Waals surface area contributed by atoms with Gasteiger partial charge in [0.15, 0.2) is 5.16 Å². The smallest absolute Gasteiger partial charge is 0.250 e. The summed E-state index contributed by atoms with van der Waals surface area (Å²) in [5, 5.41) is 5.39. The number of nitrogens with one attached hydrogen (secondary N) is 1.